The zero-order valence-corrected chi connectivity index (χ0v) is 14.5. The van der Waals surface area contributed by atoms with E-state index in [4.69, 9.17) is 6.42 Å². The van der Waals surface area contributed by atoms with Crippen LogP contribution in [0.25, 0.3) is 0 Å². The average Bonchev–Trinajstić information content (AvgIpc) is 2.84. The van der Waals surface area contributed by atoms with Gasteiger partial charge in [-0.1, -0.05) is 44.4 Å². The summed E-state index contributed by atoms with van der Waals surface area (Å²) in [5.74, 6) is 6.44. The topological polar surface area (TPSA) is 0 Å². The summed E-state index contributed by atoms with van der Waals surface area (Å²) in [6, 6.07) is 0. The van der Waals surface area contributed by atoms with Gasteiger partial charge in [-0.2, -0.15) is 0 Å². The Balaban J connectivity index is 1.68. The van der Waals surface area contributed by atoms with Gasteiger partial charge in [-0.05, 0) is 74.0 Å². The maximum atomic E-state index is 5.81. The lowest BCUT2D eigenvalue weighted by Gasteiger charge is -2.58. The molecule has 4 rings (SSSR count). The fourth-order valence-electron chi connectivity index (χ4n) is 6.69. The summed E-state index contributed by atoms with van der Waals surface area (Å²) in [5.41, 5.74) is 3.93. The van der Waals surface area contributed by atoms with Crippen LogP contribution < -0.4 is 0 Å². The summed E-state index contributed by atoms with van der Waals surface area (Å²) in [6.07, 6.45) is 20.3. The molecule has 4 aliphatic carbocycles. The fourth-order valence-corrected chi connectivity index (χ4v) is 6.69. The first kappa shape index (κ1) is 14.6. The number of fused-ring (bicyclic) bond motifs is 5. The molecule has 2 fully saturated rings. The van der Waals surface area contributed by atoms with Crippen LogP contribution in [0.1, 0.15) is 65.7 Å². The Kier molecular flexibility index (Phi) is 3.17. The number of allylic oxidation sites excluding steroid dienone is 4. The molecule has 0 aliphatic heterocycles. The molecule has 0 nitrogen and oxygen atoms in total. The first-order chi connectivity index (χ1) is 10.5. The molecular weight excluding hydrogens is 264 g/mol. The third-order valence-corrected chi connectivity index (χ3v) is 8.08. The molecule has 0 radical (unpaired) electrons. The molecule has 0 N–H and O–H groups in total. The number of hydrogen-bond acceptors (Lipinski definition) is 0. The van der Waals surface area contributed by atoms with Gasteiger partial charge >= 0.3 is 0 Å². The van der Waals surface area contributed by atoms with Crippen LogP contribution in [0, 0.1) is 46.8 Å². The highest BCUT2D eigenvalue weighted by Gasteiger charge is 2.56. The van der Waals surface area contributed by atoms with Crippen LogP contribution in [0.15, 0.2) is 23.3 Å². The van der Waals surface area contributed by atoms with E-state index in [9.17, 15) is 0 Å². The Bertz CT molecular complexity index is 586. The molecule has 0 bridgehead atoms. The molecule has 22 heavy (non-hydrogen) atoms. The highest BCUT2D eigenvalue weighted by molar-refractivity contribution is 5.39. The van der Waals surface area contributed by atoms with E-state index in [0.29, 0.717) is 10.8 Å². The monoisotopic (exact) mass is 294 g/mol. The molecule has 6 unspecified atom stereocenters. The molecule has 4 aliphatic rings. The zero-order chi connectivity index (χ0) is 15.5. The summed E-state index contributed by atoms with van der Waals surface area (Å²) in [4.78, 5) is 0. The van der Waals surface area contributed by atoms with E-state index in [1.807, 2.05) is 0 Å². The molecular formula is C22H30. The second-order valence-corrected chi connectivity index (χ2v) is 8.99. The third-order valence-electron chi connectivity index (χ3n) is 8.08. The normalized spacial score (nSPS) is 50.1. The molecule has 0 heterocycles. The lowest BCUT2D eigenvalue weighted by molar-refractivity contribution is -0.0289. The largest absolute Gasteiger partial charge is 0.115 e. The SMILES string of the molecule is C#CC1=CCC2C3CCC4=CC(C)CCC4(C)C3CCC12C. The van der Waals surface area contributed by atoms with Gasteiger partial charge in [0.2, 0.25) is 0 Å². The van der Waals surface area contributed by atoms with Crippen molar-refractivity contribution in [1.29, 1.82) is 0 Å². The zero-order valence-electron chi connectivity index (χ0n) is 14.5. The summed E-state index contributed by atoms with van der Waals surface area (Å²) >= 11 is 0. The standard InChI is InChI=1S/C22H30/c1-5-16-7-9-19-18-8-6-17-14-15(2)10-12-22(17,4)20(18)11-13-21(16,19)3/h1,7,14-15,18-20H,6,8-13H2,2-4H3. The molecule has 0 aromatic rings. The van der Waals surface area contributed by atoms with Crippen LogP contribution in [0.2, 0.25) is 0 Å². The number of rotatable bonds is 0. The smallest absolute Gasteiger partial charge is 0.00399 e. The predicted octanol–water partition coefficient (Wildman–Crippen LogP) is 5.75. The molecule has 0 saturated heterocycles. The average molecular weight is 294 g/mol. The number of hydrogen-bond donors (Lipinski definition) is 0. The Labute approximate surface area is 136 Å². The summed E-state index contributed by atoms with van der Waals surface area (Å²) < 4.78 is 0. The lowest BCUT2D eigenvalue weighted by Crippen LogP contribution is -2.49. The summed E-state index contributed by atoms with van der Waals surface area (Å²) in [7, 11) is 0. The van der Waals surface area contributed by atoms with Crippen molar-refractivity contribution in [3.05, 3.63) is 23.3 Å². The van der Waals surface area contributed by atoms with Gasteiger partial charge in [0, 0.05) is 11.0 Å². The second kappa shape index (κ2) is 4.77. The van der Waals surface area contributed by atoms with Crippen molar-refractivity contribution in [2.24, 2.45) is 34.5 Å². The second-order valence-electron chi connectivity index (χ2n) is 8.99. The van der Waals surface area contributed by atoms with Gasteiger partial charge in [0.25, 0.3) is 0 Å². The lowest BCUT2D eigenvalue weighted by atomic mass is 9.46. The molecule has 2 saturated carbocycles. The van der Waals surface area contributed by atoms with Gasteiger partial charge in [0.1, 0.15) is 0 Å². The first-order valence-corrected chi connectivity index (χ1v) is 9.37. The van der Waals surface area contributed by atoms with E-state index in [-0.39, 0.29) is 0 Å². The van der Waals surface area contributed by atoms with Crippen LogP contribution >= 0.6 is 0 Å². The Morgan fingerprint density at radius 2 is 1.86 bits per heavy atom. The van der Waals surface area contributed by atoms with E-state index in [2.05, 4.69) is 38.8 Å². The van der Waals surface area contributed by atoms with Crippen molar-refractivity contribution in [1.82, 2.24) is 0 Å². The van der Waals surface area contributed by atoms with Gasteiger partial charge < -0.3 is 0 Å². The van der Waals surface area contributed by atoms with E-state index in [0.717, 1.165) is 23.7 Å². The van der Waals surface area contributed by atoms with E-state index >= 15 is 0 Å². The number of terminal acetylenes is 1. The molecule has 6 atom stereocenters. The third kappa shape index (κ3) is 1.78. The summed E-state index contributed by atoms with van der Waals surface area (Å²) in [5, 5.41) is 0. The fraction of sp³-hybridized carbons (Fsp3) is 0.727. The Morgan fingerprint density at radius 3 is 2.64 bits per heavy atom. The van der Waals surface area contributed by atoms with E-state index in [1.165, 1.54) is 50.5 Å². The maximum absolute atomic E-state index is 5.81. The summed E-state index contributed by atoms with van der Waals surface area (Å²) in [6.45, 7) is 7.45. The molecule has 118 valence electrons. The minimum atomic E-state index is 0.315. The minimum Gasteiger partial charge on any atom is -0.115 e. The van der Waals surface area contributed by atoms with E-state index < -0.39 is 0 Å². The molecule has 0 heteroatoms. The van der Waals surface area contributed by atoms with Crippen LogP contribution in [-0.4, -0.2) is 0 Å². The maximum Gasteiger partial charge on any atom is 0.00399 e. The highest BCUT2D eigenvalue weighted by Crippen LogP contribution is 2.65. The van der Waals surface area contributed by atoms with Gasteiger partial charge in [-0.25, -0.2) is 0 Å². The quantitative estimate of drug-likeness (QED) is 0.394. The molecule has 0 amide bonds. The van der Waals surface area contributed by atoms with Crippen molar-refractivity contribution < 1.29 is 0 Å². The van der Waals surface area contributed by atoms with Gasteiger partial charge in [-0.3, -0.25) is 0 Å². The van der Waals surface area contributed by atoms with Crippen molar-refractivity contribution in [3.8, 4) is 12.3 Å². The van der Waals surface area contributed by atoms with Crippen LogP contribution in [0.4, 0.5) is 0 Å². The molecule has 0 aromatic heterocycles. The first-order valence-electron chi connectivity index (χ1n) is 9.37. The van der Waals surface area contributed by atoms with Gasteiger partial charge in [0.05, 0.1) is 0 Å². The van der Waals surface area contributed by atoms with Crippen molar-refractivity contribution in [2.75, 3.05) is 0 Å². The van der Waals surface area contributed by atoms with Gasteiger partial charge in [-0.15, -0.1) is 6.42 Å². The molecule has 0 aromatic carbocycles. The Morgan fingerprint density at radius 1 is 1.09 bits per heavy atom. The highest BCUT2D eigenvalue weighted by atomic mass is 14.6. The minimum absolute atomic E-state index is 0.315. The van der Waals surface area contributed by atoms with Crippen molar-refractivity contribution >= 4 is 0 Å². The predicted molar refractivity (Wildman–Crippen MR) is 93.2 cm³/mol. The van der Waals surface area contributed by atoms with Gasteiger partial charge in [0.15, 0.2) is 0 Å². The molecule has 0 spiro atoms. The van der Waals surface area contributed by atoms with Crippen LogP contribution in [0.3, 0.4) is 0 Å². The van der Waals surface area contributed by atoms with Crippen LogP contribution in [0.5, 0.6) is 0 Å². The van der Waals surface area contributed by atoms with Crippen molar-refractivity contribution in [3.63, 3.8) is 0 Å². The van der Waals surface area contributed by atoms with E-state index in [1.54, 1.807) is 5.57 Å². The Hall–Kier alpha value is -0.960. The van der Waals surface area contributed by atoms with Crippen LogP contribution in [-0.2, 0) is 0 Å². The van der Waals surface area contributed by atoms with Crippen molar-refractivity contribution in [2.45, 2.75) is 65.7 Å².